The highest BCUT2D eigenvalue weighted by molar-refractivity contribution is 5.95. The maximum Gasteiger partial charge on any atom is 0.417 e. The zero-order valence-electron chi connectivity index (χ0n) is 32.5. The summed E-state index contributed by atoms with van der Waals surface area (Å²) in [6.45, 7) is 15.5. The minimum atomic E-state index is -1.29. The van der Waals surface area contributed by atoms with Gasteiger partial charge >= 0.3 is 12.2 Å². The molecule has 4 heterocycles. The largest absolute Gasteiger partial charge is 0.493 e. The Morgan fingerprint density at radius 3 is 1.64 bits per heavy atom. The SMILES string of the molecule is C=C1c2cc(OC)c(OCc3cccc(COc4cc5c(cc4OC)C(=C)N4CCC[C@H]4[C@H](O)N5C(=O)OC(C)(C)C)c3)cc2N(C(=O)O)C(O)[C@@H]2CCCN12. The lowest BCUT2D eigenvalue weighted by molar-refractivity contribution is 0.0383. The number of carboxylic acid groups (broad SMARTS) is 1. The quantitative estimate of drug-likeness (QED) is 0.226. The van der Waals surface area contributed by atoms with Crippen molar-refractivity contribution in [2.75, 3.05) is 37.1 Å². The number of carbonyl (C=O) groups is 2. The van der Waals surface area contributed by atoms with Gasteiger partial charge in [-0.3, -0.25) is 0 Å². The third-order valence-electron chi connectivity index (χ3n) is 10.8. The van der Waals surface area contributed by atoms with E-state index in [0.29, 0.717) is 77.1 Å². The van der Waals surface area contributed by atoms with Crippen LogP contribution in [0.25, 0.3) is 11.4 Å². The van der Waals surface area contributed by atoms with Crippen molar-refractivity contribution >= 4 is 35.0 Å². The van der Waals surface area contributed by atoms with Crippen molar-refractivity contribution < 1.29 is 48.6 Å². The molecule has 0 spiro atoms. The third kappa shape index (κ3) is 7.14. The zero-order valence-corrected chi connectivity index (χ0v) is 32.5. The van der Waals surface area contributed by atoms with E-state index in [1.54, 1.807) is 45.0 Å². The molecule has 1 unspecified atom stereocenters. The summed E-state index contributed by atoms with van der Waals surface area (Å²) in [7, 11) is 3.05. The van der Waals surface area contributed by atoms with E-state index in [4.69, 9.17) is 23.7 Å². The maximum absolute atomic E-state index is 13.7. The summed E-state index contributed by atoms with van der Waals surface area (Å²) >= 11 is 0. The Hall–Kier alpha value is -5.60. The summed E-state index contributed by atoms with van der Waals surface area (Å²) in [5.74, 6) is 1.48. The highest BCUT2D eigenvalue weighted by Gasteiger charge is 2.45. The molecule has 14 heteroatoms. The highest BCUT2D eigenvalue weighted by Crippen LogP contribution is 2.47. The Bertz CT molecular complexity index is 2050. The molecule has 0 bridgehead atoms. The first-order valence-corrected chi connectivity index (χ1v) is 18.8. The lowest BCUT2D eigenvalue weighted by Gasteiger charge is -2.34. The summed E-state index contributed by atoms with van der Waals surface area (Å²) < 4.78 is 29.8. The molecule has 298 valence electrons. The molecule has 2 fully saturated rings. The topological polar surface area (TPSA) is 154 Å². The summed E-state index contributed by atoms with van der Waals surface area (Å²) in [6, 6.07) is 13.6. The Morgan fingerprint density at radius 1 is 0.732 bits per heavy atom. The minimum absolute atomic E-state index is 0.110. The fourth-order valence-corrected chi connectivity index (χ4v) is 8.18. The molecule has 3 aromatic carbocycles. The van der Waals surface area contributed by atoms with Crippen LogP contribution < -0.4 is 28.7 Å². The van der Waals surface area contributed by atoms with Crippen molar-refractivity contribution in [2.45, 2.75) is 89.8 Å². The first-order chi connectivity index (χ1) is 26.7. The van der Waals surface area contributed by atoms with E-state index >= 15 is 0 Å². The fraction of sp³-hybridized carbons (Fsp3) is 0.429. The Morgan fingerprint density at radius 2 is 1.20 bits per heavy atom. The molecule has 0 radical (unpaired) electrons. The number of fused-ring (bicyclic) bond motifs is 4. The standard InChI is InChI=1S/C42H50N4O10/c1-24-28-18-34(52-6)36(20-32(28)45(40(49)50)38(47)30-13-9-15-43(24)30)54-22-26-11-8-12-27(17-26)23-55-37-21-33-29(19-35(37)53-7)25(2)44-16-10-14-31(44)39(48)46(33)41(51)56-42(3,4)5/h8,11-12,17-21,30-31,38-39,47-48H,1-2,9-10,13-16,22-23H2,3-7H3,(H,49,50)/t30-,31-,38?,39-/m0/s1. The van der Waals surface area contributed by atoms with Gasteiger partial charge in [0, 0.05) is 47.7 Å². The molecule has 56 heavy (non-hydrogen) atoms. The number of rotatable bonds is 8. The first kappa shape index (κ1) is 38.7. The van der Waals surface area contributed by atoms with Gasteiger partial charge in [0.25, 0.3) is 0 Å². The Balaban J connectivity index is 1.13. The number of methoxy groups -OCH3 is 2. The molecule has 2 saturated heterocycles. The van der Waals surface area contributed by atoms with E-state index < -0.39 is 36.3 Å². The van der Waals surface area contributed by atoms with E-state index in [-0.39, 0.29) is 24.9 Å². The summed E-state index contributed by atoms with van der Waals surface area (Å²) in [6.07, 6.45) is -1.44. The van der Waals surface area contributed by atoms with Crippen LogP contribution >= 0.6 is 0 Å². The van der Waals surface area contributed by atoms with Gasteiger partial charge in [-0.2, -0.15) is 0 Å². The normalized spacial score (nSPS) is 21.7. The van der Waals surface area contributed by atoms with Crippen molar-refractivity contribution in [3.8, 4) is 23.0 Å². The Labute approximate surface area is 326 Å². The average molecular weight is 771 g/mol. The zero-order chi connectivity index (χ0) is 40.1. The average Bonchev–Trinajstić information content (AvgIpc) is 3.83. The summed E-state index contributed by atoms with van der Waals surface area (Å²) in [5.41, 5.74) is 3.93. The van der Waals surface area contributed by atoms with E-state index in [0.717, 1.165) is 28.9 Å². The van der Waals surface area contributed by atoms with Crippen LogP contribution in [0, 0.1) is 0 Å². The molecule has 4 atom stereocenters. The van der Waals surface area contributed by atoms with Gasteiger partial charge in [-0.25, -0.2) is 19.4 Å². The molecule has 7 rings (SSSR count). The second-order valence-corrected chi connectivity index (χ2v) is 15.5. The lowest BCUT2D eigenvalue weighted by atomic mass is 10.1. The second kappa shape index (κ2) is 15.1. The second-order valence-electron chi connectivity index (χ2n) is 15.5. The van der Waals surface area contributed by atoms with Gasteiger partial charge in [-0.05, 0) is 75.8 Å². The number of nitrogens with zero attached hydrogens (tertiary/aromatic N) is 4. The first-order valence-electron chi connectivity index (χ1n) is 18.8. The predicted octanol–water partition coefficient (Wildman–Crippen LogP) is 6.62. The van der Waals surface area contributed by atoms with Crippen LogP contribution in [0.3, 0.4) is 0 Å². The number of carbonyl (C=O) groups excluding carboxylic acids is 1. The number of aliphatic hydroxyl groups is 2. The molecule has 0 saturated carbocycles. The minimum Gasteiger partial charge on any atom is -0.493 e. The van der Waals surface area contributed by atoms with Crippen molar-refractivity contribution in [3.63, 3.8) is 0 Å². The van der Waals surface area contributed by atoms with Gasteiger partial charge < -0.3 is 48.8 Å². The van der Waals surface area contributed by atoms with Crippen molar-refractivity contribution in [1.29, 1.82) is 0 Å². The van der Waals surface area contributed by atoms with Crippen LogP contribution in [0.5, 0.6) is 23.0 Å². The summed E-state index contributed by atoms with van der Waals surface area (Å²) in [4.78, 5) is 32.4. The number of benzene rings is 3. The number of ether oxygens (including phenoxy) is 5. The predicted molar refractivity (Wildman–Crippen MR) is 210 cm³/mol. The van der Waals surface area contributed by atoms with Gasteiger partial charge in [0.2, 0.25) is 0 Å². The van der Waals surface area contributed by atoms with Crippen LogP contribution in [-0.4, -0.2) is 94.8 Å². The third-order valence-corrected chi connectivity index (χ3v) is 10.8. The number of aliphatic hydroxyl groups excluding tert-OH is 2. The molecule has 4 aliphatic rings. The molecule has 3 aromatic rings. The Kier molecular flexibility index (Phi) is 10.5. The molecule has 3 N–H and O–H groups in total. The van der Waals surface area contributed by atoms with Crippen LogP contribution in [0.15, 0.2) is 61.7 Å². The van der Waals surface area contributed by atoms with Gasteiger partial charge in [-0.15, -0.1) is 0 Å². The van der Waals surface area contributed by atoms with Gasteiger partial charge in [0.1, 0.15) is 18.8 Å². The molecule has 0 aromatic heterocycles. The molecular formula is C42H50N4O10. The summed E-state index contributed by atoms with van der Waals surface area (Å²) in [5, 5.41) is 33.1. The van der Waals surface area contributed by atoms with Crippen LogP contribution in [0.2, 0.25) is 0 Å². The molecule has 14 nitrogen and oxygen atoms in total. The molecule has 0 aliphatic carbocycles. The van der Waals surface area contributed by atoms with E-state index in [1.165, 1.54) is 19.1 Å². The van der Waals surface area contributed by atoms with Crippen molar-refractivity contribution in [1.82, 2.24) is 9.80 Å². The van der Waals surface area contributed by atoms with Gasteiger partial charge in [0.05, 0.1) is 37.7 Å². The van der Waals surface area contributed by atoms with Crippen molar-refractivity contribution in [3.05, 3.63) is 83.9 Å². The number of hydrogen-bond acceptors (Lipinski definition) is 11. The van der Waals surface area contributed by atoms with E-state index in [2.05, 4.69) is 13.2 Å². The van der Waals surface area contributed by atoms with Gasteiger partial charge in [-0.1, -0.05) is 31.4 Å². The fourth-order valence-electron chi connectivity index (χ4n) is 8.18. The van der Waals surface area contributed by atoms with E-state index in [1.807, 2.05) is 34.1 Å². The number of hydrogen-bond donors (Lipinski definition) is 3. The molecular weight excluding hydrogens is 720 g/mol. The number of anilines is 2. The van der Waals surface area contributed by atoms with Crippen LogP contribution in [0.1, 0.15) is 68.7 Å². The monoisotopic (exact) mass is 770 g/mol. The highest BCUT2D eigenvalue weighted by atomic mass is 16.6. The maximum atomic E-state index is 13.7. The molecule has 4 aliphatic heterocycles. The number of amides is 2. The lowest BCUT2D eigenvalue weighted by Crippen LogP contribution is -2.51. The van der Waals surface area contributed by atoms with Crippen LogP contribution in [-0.2, 0) is 18.0 Å². The van der Waals surface area contributed by atoms with Crippen LogP contribution in [0.4, 0.5) is 21.0 Å². The van der Waals surface area contributed by atoms with Crippen molar-refractivity contribution in [2.24, 2.45) is 0 Å². The smallest absolute Gasteiger partial charge is 0.417 e. The van der Waals surface area contributed by atoms with Gasteiger partial charge in [0.15, 0.2) is 35.5 Å². The van der Waals surface area contributed by atoms with E-state index in [9.17, 15) is 24.9 Å². The molecule has 2 amide bonds.